The van der Waals surface area contributed by atoms with Crippen LogP contribution in [0.1, 0.15) is 45.4 Å². The first kappa shape index (κ1) is 14.6. The number of aliphatic carboxylic acids is 1. The fraction of sp³-hybridized carbons (Fsp3) is 0.765. The average molecular weight is 291 g/mol. The first-order valence-electron chi connectivity index (χ1n) is 8.33. The average Bonchev–Trinajstić information content (AvgIpc) is 3.08. The Balaban J connectivity index is 1.70. The largest absolute Gasteiger partial charge is 0.481 e. The number of rotatable bonds is 4. The molecule has 4 heteroatoms. The fourth-order valence-electron chi connectivity index (χ4n) is 4.68. The highest BCUT2D eigenvalue weighted by atomic mass is 16.4. The van der Waals surface area contributed by atoms with Gasteiger partial charge >= 0.3 is 5.97 Å². The Kier molecular flexibility index (Phi) is 4.05. The zero-order chi connectivity index (χ0) is 15.0. The lowest BCUT2D eigenvalue weighted by atomic mass is 9.80. The van der Waals surface area contributed by atoms with Crippen LogP contribution in [0.2, 0.25) is 0 Å². The molecule has 0 radical (unpaired) electrons. The molecule has 0 aromatic heterocycles. The van der Waals surface area contributed by atoms with Crippen LogP contribution in [-0.2, 0) is 9.59 Å². The SMILES string of the molecule is CCC1CCCCC1NC(=O)[C@H]1C2C=CC(C2)[C@H]1C(=O)O. The van der Waals surface area contributed by atoms with Crippen LogP contribution in [0.3, 0.4) is 0 Å². The van der Waals surface area contributed by atoms with E-state index < -0.39 is 11.9 Å². The van der Waals surface area contributed by atoms with E-state index in [2.05, 4.69) is 12.2 Å². The Hall–Kier alpha value is -1.32. The van der Waals surface area contributed by atoms with E-state index in [0.717, 1.165) is 19.3 Å². The van der Waals surface area contributed by atoms with Crippen LogP contribution in [0.5, 0.6) is 0 Å². The molecule has 3 rings (SSSR count). The van der Waals surface area contributed by atoms with E-state index in [4.69, 9.17) is 0 Å². The van der Waals surface area contributed by atoms with Gasteiger partial charge in [0.05, 0.1) is 11.8 Å². The molecule has 3 aliphatic carbocycles. The van der Waals surface area contributed by atoms with E-state index in [1.165, 1.54) is 19.3 Å². The molecule has 0 aliphatic heterocycles. The summed E-state index contributed by atoms with van der Waals surface area (Å²) >= 11 is 0. The van der Waals surface area contributed by atoms with Crippen molar-refractivity contribution in [2.75, 3.05) is 0 Å². The summed E-state index contributed by atoms with van der Waals surface area (Å²) in [7, 11) is 0. The van der Waals surface area contributed by atoms with Crippen molar-refractivity contribution in [2.24, 2.45) is 29.6 Å². The lowest BCUT2D eigenvalue weighted by Gasteiger charge is -2.34. The highest BCUT2D eigenvalue weighted by Gasteiger charge is 2.52. The minimum atomic E-state index is -0.817. The maximum atomic E-state index is 12.7. The zero-order valence-electron chi connectivity index (χ0n) is 12.6. The van der Waals surface area contributed by atoms with Gasteiger partial charge in [-0.15, -0.1) is 0 Å². The topological polar surface area (TPSA) is 66.4 Å². The lowest BCUT2D eigenvalue weighted by Crippen LogP contribution is -2.47. The summed E-state index contributed by atoms with van der Waals surface area (Å²) in [6, 6.07) is 0.244. The summed E-state index contributed by atoms with van der Waals surface area (Å²) in [6.07, 6.45) is 10.6. The summed E-state index contributed by atoms with van der Waals surface area (Å²) in [5.41, 5.74) is 0. The standard InChI is InChI=1S/C17H25NO3/c1-2-10-5-3-4-6-13(10)18-16(19)14-11-7-8-12(9-11)15(14)17(20)21/h7-8,10-15H,2-6,9H2,1H3,(H,18,19)(H,20,21)/t10?,11?,12?,13?,14-,15+/m0/s1. The molecule has 3 aliphatic rings. The molecule has 21 heavy (non-hydrogen) atoms. The number of hydrogen-bond acceptors (Lipinski definition) is 2. The Morgan fingerprint density at radius 3 is 2.48 bits per heavy atom. The molecular formula is C17H25NO3. The molecule has 0 heterocycles. The van der Waals surface area contributed by atoms with E-state index >= 15 is 0 Å². The van der Waals surface area contributed by atoms with E-state index in [-0.39, 0.29) is 29.7 Å². The maximum absolute atomic E-state index is 12.7. The van der Waals surface area contributed by atoms with Gasteiger partial charge in [0.25, 0.3) is 0 Å². The van der Waals surface area contributed by atoms with E-state index in [0.29, 0.717) is 5.92 Å². The molecule has 6 atom stereocenters. The Bertz CT molecular complexity index is 459. The molecule has 116 valence electrons. The highest BCUT2D eigenvalue weighted by molar-refractivity contribution is 5.87. The van der Waals surface area contributed by atoms with Gasteiger partial charge in [0.2, 0.25) is 5.91 Å². The normalized spacial score (nSPS) is 41.2. The second-order valence-corrected chi connectivity index (χ2v) is 6.91. The van der Waals surface area contributed by atoms with Gasteiger partial charge in [0, 0.05) is 6.04 Å². The van der Waals surface area contributed by atoms with Crippen LogP contribution in [0.4, 0.5) is 0 Å². The van der Waals surface area contributed by atoms with Gasteiger partial charge < -0.3 is 10.4 Å². The van der Waals surface area contributed by atoms with Crippen molar-refractivity contribution in [3.63, 3.8) is 0 Å². The molecule has 2 saturated carbocycles. The van der Waals surface area contributed by atoms with E-state index in [1.54, 1.807) is 0 Å². The predicted octanol–water partition coefficient (Wildman–Crippen LogP) is 2.59. The number of nitrogens with one attached hydrogen (secondary N) is 1. The van der Waals surface area contributed by atoms with Gasteiger partial charge in [-0.3, -0.25) is 9.59 Å². The van der Waals surface area contributed by atoms with Crippen LogP contribution >= 0.6 is 0 Å². The molecule has 0 saturated heterocycles. The minimum Gasteiger partial charge on any atom is -0.481 e. The summed E-state index contributed by atoms with van der Waals surface area (Å²) in [6.45, 7) is 2.18. The van der Waals surface area contributed by atoms with Crippen LogP contribution in [0.25, 0.3) is 0 Å². The molecule has 0 aromatic rings. The first-order chi connectivity index (χ1) is 10.1. The van der Waals surface area contributed by atoms with Crippen LogP contribution in [-0.4, -0.2) is 23.0 Å². The number of fused-ring (bicyclic) bond motifs is 2. The van der Waals surface area contributed by atoms with E-state index in [1.807, 2.05) is 12.2 Å². The number of hydrogen-bond donors (Lipinski definition) is 2. The van der Waals surface area contributed by atoms with Gasteiger partial charge in [0.1, 0.15) is 0 Å². The molecule has 0 aromatic carbocycles. The highest BCUT2D eigenvalue weighted by Crippen LogP contribution is 2.48. The van der Waals surface area contributed by atoms with Crippen molar-refractivity contribution < 1.29 is 14.7 Å². The predicted molar refractivity (Wildman–Crippen MR) is 79.5 cm³/mol. The third kappa shape index (κ3) is 2.60. The Labute approximate surface area is 126 Å². The van der Waals surface area contributed by atoms with Crippen molar-refractivity contribution in [2.45, 2.75) is 51.5 Å². The van der Waals surface area contributed by atoms with Crippen LogP contribution < -0.4 is 5.32 Å². The number of carbonyl (C=O) groups is 2. The summed E-state index contributed by atoms with van der Waals surface area (Å²) in [4.78, 5) is 24.2. The van der Waals surface area contributed by atoms with E-state index in [9.17, 15) is 14.7 Å². The molecule has 4 nitrogen and oxygen atoms in total. The lowest BCUT2D eigenvalue weighted by molar-refractivity contribution is -0.148. The van der Waals surface area contributed by atoms with Gasteiger partial charge in [-0.05, 0) is 37.0 Å². The van der Waals surface area contributed by atoms with Crippen LogP contribution in [0, 0.1) is 29.6 Å². The molecule has 2 fully saturated rings. The summed E-state index contributed by atoms with van der Waals surface area (Å²) in [5, 5.41) is 12.6. The molecular weight excluding hydrogens is 266 g/mol. The maximum Gasteiger partial charge on any atom is 0.307 e. The van der Waals surface area contributed by atoms with Crippen molar-refractivity contribution in [1.82, 2.24) is 5.32 Å². The molecule has 4 unspecified atom stereocenters. The van der Waals surface area contributed by atoms with Crippen molar-refractivity contribution >= 4 is 11.9 Å². The number of amides is 1. The van der Waals surface area contributed by atoms with Crippen molar-refractivity contribution in [1.29, 1.82) is 0 Å². The van der Waals surface area contributed by atoms with Gasteiger partial charge in [0.15, 0.2) is 0 Å². The first-order valence-corrected chi connectivity index (χ1v) is 8.33. The molecule has 0 spiro atoms. The quantitative estimate of drug-likeness (QED) is 0.782. The molecule has 2 N–H and O–H groups in total. The molecule has 2 bridgehead atoms. The van der Waals surface area contributed by atoms with Gasteiger partial charge in [-0.1, -0.05) is 38.3 Å². The summed E-state index contributed by atoms with van der Waals surface area (Å²) < 4.78 is 0. The Morgan fingerprint density at radius 2 is 1.81 bits per heavy atom. The number of carbonyl (C=O) groups excluding carboxylic acids is 1. The minimum absolute atomic E-state index is 0.0235. The number of carboxylic acids is 1. The molecule has 1 amide bonds. The number of carboxylic acid groups (broad SMARTS) is 1. The summed E-state index contributed by atoms with van der Waals surface area (Å²) in [5.74, 6) is -0.996. The third-order valence-corrected chi connectivity index (χ3v) is 5.81. The monoisotopic (exact) mass is 291 g/mol. The smallest absolute Gasteiger partial charge is 0.307 e. The van der Waals surface area contributed by atoms with Gasteiger partial charge in [-0.25, -0.2) is 0 Å². The van der Waals surface area contributed by atoms with Crippen LogP contribution in [0.15, 0.2) is 12.2 Å². The number of allylic oxidation sites excluding steroid dienone is 2. The van der Waals surface area contributed by atoms with Crippen molar-refractivity contribution in [3.8, 4) is 0 Å². The Morgan fingerprint density at radius 1 is 1.14 bits per heavy atom. The van der Waals surface area contributed by atoms with Crippen molar-refractivity contribution in [3.05, 3.63) is 12.2 Å². The zero-order valence-corrected chi connectivity index (χ0v) is 12.6. The second-order valence-electron chi connectivity index (χ2n) is 6.91. The van der Waals surface area contributed by atoms with Gasteiger partial charge in [-0.2, -0.15) is 0 Å². The third-order valence-electron chi connectivity index (χ3n) is 5.81. The second kappa shape index (κ2) is 5.82. The fourth-order valence-corrected chi connectivity index (χ4v) is 4.68.